The van der Waals surface area contributed by atoms with Crippen molar-refractivity contribution in [3.8, 4) is 5.75 Å². The van der Waals surface area contributed by atoms with E-state index in [0.717, 1.165) is 4.90 Å². The highest BCUT2D eigenvalue weighted by atomic mass is 32.2. The Hall–Kier alpha value is -2.14. The molecule has 3 N–H and O–H groups in total. The first-order chi connectivity index (χ1) is 9.13. The maximum atomic E-state index is 11.2. The van der Waals surface area contributed by atoms with E-state index in [1.165, 1.54) is 17.8 Å². The monoisotopic (exact) mass is 275 g/mol. The highest BCUT2D eigenvalue weighted by Crippen LogP contribution is 2.39. The number of carboxylic acid groups (broad SMARTS) is 1. The lowest BCUT2D eigenvalue weighted by Crippen LogP contribution is -2.01. The number of carboxylic acids is 1. The van der Waals surface area contributed by atoms with Gasteiger partial charge in [0, 0.05) is 10.6 Å². The first-order valence-electron chi connectivity index (χ1n) is 5.56. The Morgan fingerprint density at radius 2 is 1.95 bits per heavy atom. The van der Waals surface area contributed by atoms with Crippen molar-refractivity contribution in [1.82, 2.24) is 0 Å². The van der Waals surface area contributed by atoms with Crippen LogP contribution in [-0.2, 0) is 0 Å². The summed E-state index contributed by atoms with van der Waals surface area (Å²) in [5.74, 6) is -0.309. The molecule has 98 valence electrons. The summed E-state index contributed by atoms with van der Waals surface area (Å²) in [6.07, 6.45) is 0. The molecule has 0 fully saturated rings. The Balaban J connectivity index is 2.46. The third-order valence-corrected chi connectivity index (χ3v) is 3.77. The molecule has 0 amide bonds. The molecule has 0 unspecified atom stereocenters. The van der Waals surface area contributed by atoms with E-state index in [-0.39, 0.29) is 5.56 Å². The van der Waals surface area contributed by atoms with Crippen LogP contribution in [0.3, 0.4) is 0 Å². The number of hydrogen-bond donors (Lipinski definition) is 2. The molecule has 0 saturated heterocycles. The van der Waals surface area contributed by atoms with Crippen LogP contribution in [0.4, 0.5) is 5.69 Å². The molecule has 0 aliphatic heterocycles. The summed E-state index contributed by atoms with van der Waals surface area (Å²) in [7, 11) is 1.58. The maximum Gasteiger partial charge on any atom is 0.336 e. The second-order valence-electron chi connectivity index (χ2n) is 3.78. The molecular formula is C14H13NO3S. The highest BCUT2D eigenvalue weighted by molar-refractivity contribution is 7.99. The molecule has 4 nitrogen and oxygen atoms in total. The molecule has 0 heterocycles. The number of methoxy groups -OCH3 is 1. The van der Waals surface area contributed by atoms with Crippen LogP contribution in [-0.4, -0.2) is 18.2 Å². The fourth-order valence-corrected chi connectivity index (χ4v) is 2.72. The van der Waals surface area contributed by atoms with Gasteiger partial charge in [0.05, 0.1) is 17.6 Å². The molecule has 5 heteroatoms. The van der Waals surface area contributed by atoms with Crippen LogP contribution in [0, 0.1) is 0 Å². The average molecular weight is 275 g/mol. The van der Waals surface area contributed by atoms with E-state index in [0.29, 0.717) is 16.3 Å². The Kier molecular flexibility index (Phi) is 3.97. The molecular weight excluding hydrogens is 262 g/mol. The van der Waals surface area contributed by atoms with Gasteiger partial charge in [0.15, 0.2) is 0 Å². The van der Waals surface area contributed by atoms with Gasteiger partial charge in [-0.2, -0.15) is 0 Å². The van der Waals surface area contributed by atoms with Crippen LogP contribution in [0.1, 0.15) is 10.4 Å². The van der Waals surface area contributed by atoms with Crippen molar-refractivity contribution >= 4 is 23.4 Å². The molecule has 0 spiro atoms. The van der Waals surface area contributed by atoms with Gasteiger partial charge in [-0.05, 0) is 24.3 Å². The van der Waals surface area contributed by atoms with Crippen LogP contribution < -0.4 is 10.5 Å². The molecule has 2 rings (SSSR count). The van der Waals surface area contributed by atoms with E-state index < -0.39 is 5.97 Å². The predicted molar refractivity (Wildman–Crippen MR) is 74.9 cm³/mol. The van der Waals surface area contributed by atoms with Gasteiger partial charge in [-0.25, -0.2) is 4.79 Å². The lowest BCUT2D eigenvalue weighted by molar-refractivity contribution is 0.0693. The number of nitrogens with two attached hydrogens (primary N) is 1. The van der Waals surface area contributed by atoms with Gasteiger partial charge in [-0.15, -0.1) is 0 Å². The summed E-state index contributed by atoms with van der Waals surface area (Å²) in [6, 6.07) is 12.3. The van der Waals surface area contributed by atoms with E-state index >= 15 is 0 Å². The number of aromatic carboxylic acids is 1. The van der Waals surface area contributed by atoms with E-state index in [1.54, 1.807) is 19.2 Å². The maximum absolute atomic E-state index is 11.2. The number of carbonyl (C=O) groups is 1. The number of ether oxygens (including phenoxy) is 1. The number of hydrogen-bond acceptors (Lipinski definition) is 4. The average Bonchev–Trinajstić information content (AvgIpc) is 2.41. The molecule has 0 saturated carbocycles. The lowest BCUT2D eigenvalue weighted by Gasteiger charge is -2.11. The SMILES string of the molecule is COc1ccccc1Sc1c(N)cccc1C(=O)O. The van der Waals surface area contributed by atoms with Crippen molar-refractivity contribution in [2.45, 2.75) is 9.79 Å². The first kappa shape index (κ1) is 13.3. The van der Waals surface area contributed by atoms with Gasteiger partial charge in [0.2, 0.25) is 0 Å². The number of para-hydroxylation sites is 1. The van der Waals surface area contributed by atoms with E-state index in [1.807, 2.05) is 24.3 Å². The van der Waals surface area contributed by atoms with Gasteiger partial charge >= 0.3 is 5.97 Å². The second-order valence-corrected chi connectivity index (χ2v) is 4.83. The predicted octanol–water partition coefficient (Wildman–Crippen LogP) is 3.13. The molecule has 0 aromatic heterocycles. The van der Waals surface area contributed by atoms with Crippen molar-refractivity contribution in [2.75, 3.05) is 12.8 Å². The fourth-order valence-electron chi connectivity index (χ4n) is 1.65. The smallest absolute Gasteiger partial charge is 0.336 e. The summed E-state index contributed by atoms with van der Waals surface area (Å²) in [4.78, 5) is 12.6. The number of anilines is 1. The van der Waals surface area contributed by atoms with Gasteiger partial charge in [0.25, 0.3) is 0 Å². The second kappa shape index (κ2) is 5.67. The van der Waals surface area contributed by atoms with Crippen molar-refractivity contribution < 1.29 is 14.6 Å². The Bertz CT molecular complexity index is 613. The summed E-state index contributed by atoms with van der Waals surface area (Å²) in [5.41, 5.74) is 6.50. The third kappa shape index (κ3) is 2.82. The summed E-state index contributed by atoms with van der Waals surface area (Å²) < 4.78 is 5.25. The zero-order valence-electron chi connectivity index (χ0n) is 10.3. The van der Waals surface area contributed by atoms with Crippen molar-refractivity contribution in [1.29, 1.82) is 0 Å². The Morgan fingerprint density at radius 3 is 2.63 bits per heavy atom. The van der Waals surface area contributed by atoms with Crippen LogP contribution in [0.15, 0.2) is 52.3 Å². The number of benzene rings is 2. The minimum Gasteiger partial charge on any atom is -0.496 e. The molecule has 2 aromatic carbocycles. The topological polar surface area (TPSA) is 72.5 Å². The standard InChI is InChI=1S/C14H13NO3S/c1-18-11-7-2-3-8-12(11)19-13-9(14(16)17)5-4-6-10(13)15/h2-8H,15H2,1H3,(H,16,17). The summed E-state index contributed by atoms with van der Waals surface area (Å²) in [5, 5.41) is 9.19. The molecule has 2 aromatic rings. The molecule has 0 atom stereocenters. The minimum atomic E-state index is -0.996. The van der Waals surface area contributed by atoms with Crippen molar-refractivity contribution in [2.24, 2.45) is 0 Å². The molecule has 19 heavy (non-hydrogen) atoms. The Labute approximate surface area is 115 Å². The molecule has 0 aliphatic rings. The normalized spacial score (nSPS) is 10.2. The molecule has 0 aliphatic carbocycles. The van der Waals surface area contributed by atoms with E-state index in [4.69, 9.17) is 10.5 Å². The van der Waals surface area contributed by atoms with Crippen LogP contribution in [0.5, 0.6) is 5.75 Å². The summed E-state index contributed by atoms with van der Waals surface area (Å²) >= 11 is 1.29. The van der Waals surface area contributed by atoms with Crippen molar-refractivity contribution in [3.05, 3.63) is 48.0 Å². The first-order valence-corrected chi connectivity index (χ1v) is 6.37. The molecule has 0 radical (unpaired) electrons. The number of rotatable bonds is 4. The largest absolute Gasteiger partial charge is 0.496 e. The van der Waals surface area contributed by atoms with E-state index in [2.05, 4.69) is 0 Å². The van der Waals surface area contributed by atoms with Crippen LogP contribution >= 0.6 is 11.8 Å². The quantitative estimate of drug-likeness (QED) is 0.839. The minimum absolute atomic E-state index is 0.191. The van der Waals surface area contributed by atoms with Gasteiger partial charge in [-0.1, -0.05) is 30.0 Å². The van der Waals surface area contributed by atoms with Crippen LogP contribution in [0.2, 0.25) is 0 Å². The molecule has 0 bridgehead atoms. The Morgan fingerprint density at radius 1 is 1.21 bits per heavy atom. The zero-order chi connectivity index (χ0) is 13.8. The lowest BCUT2D eigenvalue weighted by atomic mass is 10.2. The van der Waals surface area contributed by atoms with E-state index in [9.17, 15) is 9.90 Å². The third-order valence-electron chi connectivity index (χ3n) is 2.56. The van der Waals surface area contributed by atoms with Crippen LogP contribution in [0.25, 0.3) is 0 Å². The summed E-state index contributed by atoms with van der Waals surface area (Å²) in [6.45, 7) is 0. The van der Waals surface area contributed by atoms with Gasteiger partial charge in [-0.3, -0.25) is 0 Å². The number of nitrogen functional groups attached to an aromatic ring is 1. The van der Waals surface area contributed by atoms with Crippen molar-refractivity contribution in [3.63, 3.8) is 0 Å². The zero-order valence-corrected chi connectivity index (χ0v) is 11.1. The van der Waals surface area contributed by atoms with Gasteiger partial charge in [0.1, 0.15) is 5.75 Å². The highest BCUT2D eigenvalue weighted by Gasteiger charge is 2.15. The fraction of sp³-hybridized carbons (Fsp3) is 0.0714. The van der Waals surface area contributed by atoms with Gasteiger partial charge < -0.3 is 15.6 Å².